The maximum Gasteiger partial charge on any atom is 0.234 e. The van der Waals surface area contributed by atoms with Gasteiger partial charge in [0.1, 0.15) is 0 Å². The van der Waals surface area contributed by atoms with Gasteiger partial charge in [0.2, 0.25) is 10.9 Å². The minimum absolute atomic E-state index is 0.136. The van der Waals surface area contributed by atoms with Gasteiger partial charge in [-0.15, -0.1) is 10.2 Å². The van der Waals surface area contributed by atoms with Crippen molar-refractivity contribution >= 4 is 49.9 Å². The Morgan fingerprint density at radius 2 is 1.96 bits per heavy atom. The number of thioether (sulfide) groups is 1. The molecule has 0 saturated heterocycles. The summed E-state index contributed by atoms with van der Waals surface area (Å²) in [7, 11) is 3.13. The van der Waals surface area contributed by atoms with Crippen molar-refractivity contribution in [3.05, 3.63) is 42.5 Å². The molecule has 0 radical (unpaired) electrons. The van der Waals surface area contributed by atoms with Crippen LogP contribution in [0.4, 0.5) is 5.69 Å². The van der Waals surface area contributed by atoms with Gasteiger partial charge in [0.25, 0.3) is 0 Å². The van der Waals surface area contributed by atoms with Crippen LogP contribution in [0.2, 0.25) is 0 Å². The Morgan fingerprint density at radius 1 is 1.15 bits per heavy atom. The smallest absolute Gasteiger partial charge is 0.234 e. The molecular weight excluding hydrogens is 384 g/mol. The molecule has 9 heteroatoms. The third kappa shape index (κ3) is 3.43. The van der Waals surface area contributed by atoms with Crippen LogP contribution in [-0.2, 0) is 4.79 Å². The van der Waals surface area contributed by atoms with E-state index in [0.29, 0.717) is 22.3 Å². The molecule has 4 rings (SSSR count). The van der Waals surface area contributed by atoms with Gasteiger partial charge < -0.3 is 14.8 Å². The van der Waals surface area contributed by atoms with Crippen molar-refractivity contribution in [3.8, 4) is 11.5 Å². The number of fused-ring (bicyclic) bond motifs is 3. The van der Waals surface area contributed by atoms with E-state index in [0.717, 1.165) is 15.2 Å². The Labute approximate surface area is 163 Å². The summed E-state index contributed by atoms with van der Waals surface area (Å²) < 4.78 is 13.6. The summed E-state index contributed by atoms with van der Waals surface area (Å²) in [6.45, 7) is 0. The van der Waals surface area contributed by atoms with Crippen LogP contribution in [0, 0.1) is 0 Å². The number of ether oxygens (including phenoxy) is 2. The highest BCUT2D eigenvalue weighted by atomic mass is 32.2. The predicted molar refractivity (Wildman–Crippen MR) is 107 cm³/mol. The summed E-state index contributed by atoms with van der Waals surface area (Å²) in [4.78, 5) is 13.2. The van der Waals surface area contributed by atoms with Crippen LogP contribution in [-0.4, -0.2) is 40.5 Å². The van der Waals surface area contributed by atoms with Gasteiger partial charge in [-0.25, -0.2) is 0 Å². The SMILES string of the molecule is COc1ccc(NC(=O)CSc2nnc3sc4ccccc4n23)cc1OC. The van der Waals surface area contributed by atoms with Crippen molar-refractivity contribution in [3.63, 3.8) is 0 Å². The second kappa shape index (κ2) is 7.45. The second-order valence-electron chi connectivity index (χ2n) is 5.58. The lowest BCUT2D eigenvalue weighted by Gasteiger charge is -2.10. The van der Waals surface area contributed by atoms with E-state index < -0.39 is 0 Å². The van der Waals surface area contributed by atoms with E-state index in [-0.39, 0.29) is 11.7 Å². The number of carbonyl (C=O) groups is 1. The lowest BCUT2D eigenvalue weighted by Crippen LogP contribution is -2.14. The average Bonchev–Trinajstić information content (AvgIpc) is 3.25. The maximum absolute atomic E-state index is 12.3. The number of hydrogen-bond acceptors (Lipinski definition) is 7. The van der Waals surface area contributed by atoms with Gasteiger partial charge in [-0.05, 0) is 24.3 Å². The third-order valence-corrected chi connectivity index (χ3v) is 5.85. The van der Waals surface area contributed by atoms with Crippen LogP contribution in [0.5, 0.6) is 11.5 Å². The molecule has 27 heavy (non-hydrogen) atoms. The highest BCUT2D eigenvalue weighted by Crippen LogP contribution is 2.31. The fraction of sp³-hybridized carbons (Fsp3) is 0.167. The lowest BCUT2D eigenvalue weighted by molar-refractivity contribution is -0.113. The van der Waals surface area contributed by atoms with Gasteiger partial charge in [0.15, 0.2) is 16.7 Å². The summed E-state index contributed by atoms with van der Waals surface area (Å²) in [5.41, 5.74) is 1.69. The number of para-hydroxylation sites is 1. The van der Waals surface area contributed by atoms with Gasteiger partial charge in [-0.2, -0.15) is 0 Å². The Balaban J connectivity index is 1.47. The first kappa shape index (κ1) is 17.6. The number of hydrogen-bond donors (Lipinski definition) is 1. The van der Waals surface area contributed by atoms with Crippen molar-refractivity contribution in [1.29, 1.82) is 0 Å². The number of nitrogens with zero attached hydrogens (tertiary/aromatic N) is 3. The van der Waals surface area contributed by atoms with E-state index in [1.165, 1.54) is 11.8 Å². The largest absolute Gasteiger partial charge is 0.493 e. The van der Waals surface area contributed by atoms with Gasteiger partial charge in [-0.3, -0.25) is 9.20 Å². The highest BCUT2D eigenvalue weighted by molar-refractivity contribution is 7.99. The topological polar surface area (TPSA) is 77.8 Å². The monoisotopic (exact) mass is 400 g/mol. The molecule has 0 fully saturated rings. The lowest BCUT2D eigenvalue weighted by atomic mass is 10.2. The second-order valence-corrected chi connectivity index (χ2v) is 7.53. The van der Waals surface area contributed by atoms with E-state index in [2.05, 4.69) is 15.5 Å². The van der Waals surface area contributed by atoms with Crippen molar-refractivity contribution in [2.75, 3.05) is 25.3 Å². The molecule has 0 aliphatic heterocycles. The first-order chi connectivity index (χ1) is 13.2. The van der Waals surface area contributed by atoms with Crippen molar-refractivity contribution in [2.24, 2.45) is 0 Å². The Bertz CT molecular complexity index is 1120. The van der Waals surface area contributed by atoms with E-state index in [1.54, 1.807) is 43.8 Å². The average molecular weight is 400 g/mol. The van der Waals surface area contributed by atoms with Crippen molar-refractivity contribution in [2.45, 2.75) is 5.16 Å². The van der Waals surface area contributed by atoms with Crippen molar-refractivity contribution < 1.29 is 14.3 Å². The molecule has 2 aromatic carbocycles. The summed E-state index contributed by atoms with van der Waals surface area (Å²) in [5.74, 6) is 1.26. The zero-order valence-corrected chi connectivity index (χ0v) is 16.3. The molecule has 138 valence electrons. The Kier molecular flexibility index (Phi) is 4.87. The molecule has 1 N–H and O–H groups in total. The van der Waals surface area contributed by atoms with E-state index in [4.69, 9.17) is 9.47 Å². The first-order valence-electron chi connectivity index (χ1n) is 8.07. The minimum atomic E-state index is -0.136. The zero-order valence-electron chi connectivity index (χ0n) is 14.6. The standard InChI is InChI=1S/C18H16N4O3S2/c1-24-13-8-7-11(9-14(13)25-2)19-16(23)10-26-17-20-21-18-22(17)12-5-3-4-6-15(12)27-18/h3-9H,10H2,1-2H3,(H,19,23). The van der Waals surface area contributed by atoms with Gasteiger partial charge in [0, 0.05) is 11.8 Å². The minimum Gasteiger partial charge on any atom is -0.493 e. The number of benzene rings is 2. The number of nitrogens with one attached hydrogen (secondary N) is 1. The number of amides is 1. The number of thiazole rings is 1. The molecule has 0 spiro atoms. The maximum atomic E-state index is 12.3. The molecular formula is C18H16N4O3S2. The normalized spacial score (nSPS) is 11.0. The van der Waals surface area contributed by atoms with Crippen LogP contribution in [0.3, 0.4) is 0 Å². The number of anilines is 1. The predicted octanol–water partition coefficient (Wildman–Crippen LogP) is 3.69. The van der Waals surface area contributed by atoms with Gasteiger partial charge in [-0.1, -0.05) is 35.2 Å². The fourth-order valence-corrected chi connectivity index (χ4v) is 4.46. The zero-order chi connectivity index (χ0) is 18.8. The number of carbonyl (C=O) groups excluding carboxylic acids is 1. The number of rotatable bonds is 6. The van der Waals surface area contributed by atoms with Crippen LogP contribution < -0.4 is 14.8 Å². The Morgan fingerprint density at radius 3 is 2.78 bits per heavy atom. The molecule has 0 unspecified atom stereocenters. The molecule has 0 saturated carbocycles. The van der Waals surface area contributed by atoms with Gasteiger partial charge in [0.05, 0.1) is 30.2 Å². The van der Waals surface area contributed by atoms with Crippen LogP contribution in [0.15, 0.2) is 47.6 Å². The van der Waals surface area contributed by atoms with Gasteiger partial charge >= 0.3 is 0 Å². The summed E-state index contributed by atoms with van der Waals surface area (Å²) in [5, 5.41) is 12.0. The summed E-state index contributed by atoms with van der Waals surface area (Å²) >= 11 is 2.93. The van der Waals surface area contributed by atoms with Crippen LogP contribution >= 0.6 is 23.1 Å². The molecule has 0 aliphatic carbocycles. The summed E-state index contributed by atoms with van der Waals surface area (Å²) in [6.07, 6.45) is 0. The van der Waals surface area contributed by atoms with E-state index in [9.17, 15) is 4.79 Å². The molecule has 1 amide bonds. The van der Waals surface area contributed by atoms with Crippen LogP contribution in [0.25, 0.3) is 15.2 Å². The first-order valence-corrected chi connectivity index (χ1v) is 9.87. The molecule has 0 atom stereocenters. The summed E-state index contributed by atoms with van der Waals surface area (Å²) in [6, 6.07) is 13.3. The number of methoxy groups -OCH3 is 2. The fourth-order valence-electron chi connectivity index (χ4n) is 2.69. The van der Waals surface area contributed by atoms with Crippen LogP contribution in [0.1, 0.15) is 0 Å². The molecule has 4 aromatic rings. The molecule has 2 aromatic heterocycles. The molecule has 7 nitrogen and oxygen atoms in total. The third-order valence-electron chi connectivity index (χ3n) is 3.91. The Hall–Kier alpha value is -2.78. The highest BCUT2D eigenvalue weighted by Gasteiger charge is 2.14. The molecule has 2 heterocycles. The molecule has 0 bridgehead atoms. The quantitative estimate of drug-likeness (QED) is 0.498. The van der Waals surface area contributed by atoms with Crippen molar-refractivity contribution in [1.82, 2.24) is 14.6 Å². The number of aromatic nitrogens is 3. The van der Waals surface area contributed by atoms with E-state index in [1.807, 2.05) is 28.7 Å². The molecule has 0 aliphatic rings. The van der Waals surface area contributed by atoms with E-state index >= 15 is 0 Å².